The highest BCUT2D eigenvalue weighted by atomic mass is 35.5. The second-order valence-electron chi connectivity index (χ2n) is 9.02. The summed E-state index contributed by atoms with van der Waals surface area (Å²) in [6.45, 7) is 6.12. The molecule has 0 saturated heterocycles. The van der Waals surface area contributed by atoms with Crippen molar-refractivity contribution in [2.75, 3.05) is 4.90 Å². The number of fused-ring (bicyclic) bond motifs is 1. The maximum Gasteiger partial charge on any atom is 0.277 e. The molecule has 3 heterocycles. The average Bonchev–Trinajstić information content (AvgIpc) is 3.50. The summed E-state index contributed by atoms with van der Waals surface area (Å²) in [5, 5.41) is 8.14. The van der Waals surface area contributed by atoms with Crippen LogP contribution in [0.15, 0.2) is 71.3 Å². The van der Waals surface area contributed by atoms with Crippen LogP contribution >= 0.6 is 11.6 Å². The second-order valence-corrected chi connectivity index (χ2v) is 9.43. The van der Waals surface area contributed by atoms with E-state index < -0.39 is 5.54 Å². The van der Waals surface area contributed by atoms with Gasteiger partial charge in [-0.2, -0.15) is 5.10 Å². The topological polar surface area (TPSA) is 80.4 Å². The van der Waals surface area contributed by atoms with Crippen molar-refractivity contribution < 1.29 is 14.0 Å². The standard InChI is InChI=1S/C27H25ClN4O3/c1-17-7-4-8-19(13-17)15-29-26(34)27(3)16-31-23(14-21(30-31)24-11-6-12-35-24)25(33)32(27)22-10-5-9-20(28)18(22)2/h4-14H,15-16H2,1-3H3,(H,29,34)/t27-/m0/s1. The molecular weight excluding hydrogens is 464 g/mol. The van der Waals surface area contributed by atoms with Gasteiger partial charge in [-0.3, -0.25) is 19.2 Å². The van der Waals surface area contributed by atoms with E-state index in [1.165, 1.54) is 0 Å². The first-order valence-corrected chi connectivity index (χ1v) is 11.7. The number of halogens is 1. The number of nitrogens with one attached hydrogen (secondary N) is 1. The van der Waals surface area contributed by atoms with Gasteiger partial charge in [-0.1, -0.05) is 47.5 Å². The summed E-state index contributed by atoms with van der Waals surface area (Å²) >= 11 is 6.41. The van der Waals surface area contributed by atoms with Gasteiger partial charge in [-0.25, -0.2) is 0 Å². The van der Waals surface area contributed by atoms with Gasteiger partial charge in [-0.15, -0.1) is 0 Å². The van der Waals surface area contributed by atoms with E-state index in [4.69, 9.17) is 16.0 Å². The fraction of sp³-hybridized carbons (Fsp3) is 0.222. The maximum absolute atomic E-state index is 13.9. The molecule has 0 radical (unpaired) electrons. The van der Waals surface area contributed by atoms with Crippen LogP contribution in [0.25, 0.3) is 11.5 Å². The van der Waals surface area contributed by atoms with Crippen molar-refractivity contribution in [1.29, 1.82) is 0 Å². The molecule has 0 fully saturated rings. The number of anilines is 1. The molecule has 1 atom stereocenters. The van der Waals surface area contributed by atoms with Gasteiger partial charge in [0.1, 0.15) is 16.9 Å². The number of furan rings is 1. The highest BCUT2D eigenvalue weighted by Crippen LogP contribution is 2.37. The van der Waals surface area contributed by atoms with E-state index in [0.29, 0.717) is 34.4 Å². The third-order valence-electron chi connectivity index (χ3n) is 6.43. The Bertz CT molecular complexity index is 1430. The van der Waals surface area contributed by atoms with Crippen LogP contribution in [-0.2, 0) is 17.9 Å². The predicted octanol–water partition coefficient (Wildman–Crippen LogP) is 5.15. The summed E-state index contributed by atoms with van der Waals surface area (Å²) in [5.41, 5.74) is 3.05. The molecule has 0 aliphatic carbocycles. The third-order valence-corrected chi connectivity index (χ3v) is 6.84. The molecule has 2 aromatic heterocycles. The smallest absolute Gasteiger partial charge is 0.277 e. The normalized spacial score (nSPS) is 17.4. The number of hydrogen-bond acceptors (Lipinski definition) is 4. The molecule has 1 N–H and O–H groups in total. The van der Waals surface area contributed by atoms with Gasteiger partial charge < -0.3 is 9.73 Å². The van der Waals surface area contributed by atoms with Crippen LogP contribution in [0.4, 0.5) is 5.69 Å². The van der Waals surface area contributed by atoms with Crippen molar-refractivity contribution in [3.05, 3.63) is 94.3 Å². The average molecular weight is 489 g/mol. The summed E-state index contributed by atoms with van der Waals surface area (Å²) < 4.78 is 7.06. The maximum atomic E-state index is 13.9. The fourth-order valence-electron chi connectivity index (χ4n) is 4.54. The molecule has 2 aromatic carbocycles. The van der Waals surface area contributed by atoms with Crippen molar-refractivity contribution in [2.24, 2.45) is 0 Å². The zero-order valence-corrected chi connectivity index (χ0v) is 20.5. The van der Waals surface area contributed by atoms with Crippen LogP contribution in [0.1, 0.15) is 34.1 Å². The highest BCUT2D eigenvalue weighted by Gasteiger charge is 2.49. The summed E-state index contributed by atoms with van der Waals surface area (Å²) in [4.78, 5) is 29.2. The molecule has 4 aromatic rings. The van der Waals surface area contributed by atoms with Crippen LogP contribution in [0.3, 0.4) is 0 Å². The van der Waals surface area contributed by atoms with Gasteiger partial charge in [-0.05, 0) is 56.2 Å². The Morgan fingerprint density at radius 3 is 2.69 bits per heavy atom. The lowest BCUT2D eigenvalue weighted by Crippen LogP contribution is -2.64. The molecule has 0 unspecified atom stereocenters. The number of nitrogens with zero attached hydrogens (tertiary/aromatic N) is 3. The zero-order chi connectivity index (χ0) is 24.7. The van der Waals surface area contributed by atoms with E-state index in [2.05, 4.69) is 10.4 Å². The number of carbonyl (C=O) groups excluding carboxylic acids is 2. The summed E-state index contributed by atoms with van der Waals surface area (Å²) in [7, 11) is 0. The molecule has 2 amide bonds. The van der Waals surface area contributed by atoms with E-state index in [1.807, 2.05) is 44.2 Å². The van der Waals surface area contributed by atoms with Crippen LogP contribution in [0.2, 0.25) is 5.02 Å². The molecule has 8 heteroatoms. The quantitative estimate of drug-likeness (QED) is 0.421. The Kier molecular flexibility index (Phi) is 5.73. The fourth-order valence-corrected chi connectivity index (χ4v) is 4.71. The van der Waals surface area contributed by atoms with Gasteiger partial charge in [0.15, 0.2) is 5.76 Å². The lowest BCUT2D eigenvalue weighted by atomic mass is 9.93. The molecule has 7 nitrogen and oxygen atoms in total. The van der Waals surface area contributed by atoms with Gasteiger partial charge in [0.05, 0.1) is 12.8 Å². The molecule has 178 valence electrons. The Labute approximate surface area is 208 Å². The van der Waals surface area contributed by atoms with Crippen LogP contribution < -0.4 is 10.2 Å². The number of carbonyl (C=O) groups is 2. The van der Waals surface area contributed by atoms with E-state index in [0.717, 1.165) is 16.7 Å². The summed E-state index contributed by atoms with van der Waals surface area (Å²) in [5.74, 6) is -0.0663. The lowest BCUT2D eigenvalue weighted by molar-refractivity contribution is -0.126. The van der Waals surface area contributed by atoms with Crippen LogP contribution in [-0.4, -0.2) is 27.1 Å². The minimum Gasteiger partial charge on any atom is -0.463 e. The first kappa shape index (κ1) is 22.9. The molecule has 0 saturated carbocycles. The Hall–Kier alpha value is -3.84. The van der Waals surface area contributed by atoms with E-state index in [-0.39, 0.29) is 18.4 Å². The molecule has 1 aliphatic rings. The Balaban J connectivity index is 1.57. The minimum atomic E-state index is -1.25. The zero-order valence-electron chi connectivity index (χ0n) is 19.7. The molecule has 5 rings (SSSR count). The first-order chi connectivity index (χ1) is 16.8. The van der Waals surface area contributed by atoms with Crippen LogP contribution in [0, 0.1) is 13.8 Å². The number of hydrogen-bond donors (Lipinski definition) is 1. The van der Waals surface area contributed by atoms with E-state index >= 15 is 0 Å². The molecule has 1 aliphatic heterocycles. The molecule has 0 spiro atoms. The number of benzene rings is 2. The number of amides is 2. The van der Waals surface area contributed by atoms with Gasteiger partial charge in [0.2, 0.25) is 5.91 Å². The molecular formula is C27H25ClN4O3. The van der Waals surface area contributed by atoms with Gasteiger partial charge >= 0.3 is 0 Å². The number of aryl methyl sites for hydroxylation is 1. The van der Waals surface area contributed by atoms with Gasteiger partial charge in [0.25, 0.3) is 5.91 Å². The second kappa shape index (κ2) is 8.74. The van der Waals surface area contributed by atoms with Crippen molar-refractivity contribution in [1.82, 2.24) is 15.1 Å². The van der Waals surface area contributed by atoms with Crippen molar-refractivity contribution in [3.8, 4) is 11.5 Å². The molecule has 35 heavy (non-hydrogen) atoms. The monoisotopic (exact) mass is 488 g/mol. The summed E-state index contributed by atoms with van der Waals surface area (Å²) in [6, 6.07) is 18.5. The Morgan fingerprint density at radius 2 is 1.94 bits per heavy atom. The van der Waals surface area contributed by atoms with Crippen molar-refractivity contribution >= 4 is 29.1 Å². The largest absolute Gasteiger partial charge is 0.463 e. The predicted molar refractivity (Wildman–Crippen MR) is 134 cm³/mol. The summed E-state index contributed by atoms with van der Waals surface area (Å²) in [6.07, 6.45) is 1.56. The number of aromatic nitrogens is 2. The van der Waals surface area contributed by atoms with Crippen molar-refractivity contribution in [2.45, 2.75) is 39.4 Å². The first-order valence-electron chi connectivity index (χ1n) is 11.3. The van der Waals surface area contributed by atoms with E-state index in [1.54, 1.807) is 53.1 Å². The minimum absolute atomic E-state index is 0.167. The molecule has 0 bridgehead atoms. The Morgan fingerprint density at radius 1 is 1.14 bits per heavy atom. The van der Waals surface area contributed by atoms with Gasteiger partial charge in [0, 0.05) is 23.3 Å². The number of rotatable bonds is 5. The third kappa shape index (κ3) is 4.02. The van der Waals surface area contributed by atoms with Crippen LogP contribution in [0.5, 0.6) is 0 Å². The van der Waals surface area contributed by atoms with Crippen molar-refractivity contribution in [3.63, 3.8) is 0 Å². The SMILES string of the molecule is Cc1cccc(CNC(=O)[C@]2(C)Cn3nc(-c4ccco4)cc3C(=O)N2c2cccc(Cl)c2C)c1. The highest BCUT2D eigenvalue weighted by molar-refractivity contribution is 6.32. The van der Waals surface area contributed by atoms with E-state index in [9.17, 15) is 9.59 Å². The lowest BCUT2D eigenvalue weighted by Gasteiger charge is -2.43.